The van der Waals surface area contributed by atoms with Crippen LogP contribution >= 0.6 is 0 Å². The predicted octanol–water partition coefficient (Wildman–Crippen LogP) is 1.81. The van der Waals surface area contributed by atoms with Crippen LogP contribution in [0.15, 0.2) is 24.3 Å². The van der Waals surface area contributed by atoms with Gasteiger partial charge in [-0.15, -0.1) is 0 Å². The molecule has 0 radical (unpaired) electrons. The van der Waals surface area contributed by atoms with Crippen molar-refractivity contribution in [2.24, 2.45) is 17.8 Å². The second-order valence-electron chi connectivity index (χ2n) is 5.89. The fourth-order valence-electron chi connectivity index (χ4n) is 2.77. The van der Waals surface area contributed by atoms with Gasteiger partial charge in [0.2, 0.25) is 5.91 Å². The fourth-order valence-corrected chi connectivity index (χ4v) is 2.77. The Morgan fingerprint density at radius 3 is 2.86 bits per heavy atom. The Labute approximate surface area is 123 Å². The van der Waals surface area contributed by atoms with E-state index in [1.165, 1.54) is 12.8 Å². The number of benzene rings is 1. The maximum atomic E-state index is 12.0. The molecule has 5 heteroatoms. The van der Waals surface area contributed by atoms with Gasteiger partial charge >= 0.3 is 5.97 Å². The topological polar surface area (TPSA) is 75.6 Å². The van der Waals surface area contributed by atoms with Gasteiger partial charge in [0.25, 0.3) is 0 Å². The Bertz CT molecular complexity index is 553. The van der Waals surface area contributed by atoms with Crippen molar-refractivity contribution in [3.05, 3.63) is 29.8 Å². The number of nitrogens with one attached hydrogen (secondary N) is 1. The highest BCUT2D eigenvalue weighted by Gasteiger charge is 2.50. The summed E-state index contributed by atoms with van der Waals surface area (Å²) in [5.41, 5.74) is 0.912. The zero-order valence-corrected chi connectivity index (χ0v) is 11.7. The van der Waals surface area contributed by atoms with Crippen molar-refractivity contribution in [1.29, 1.82) is 0 Å². The molecule has 0 spiro atoms. The Kier molecular flexibility index (Phi) is 3.82. The van der Waals surface area contributed by atoms with Gasteiger partial charge < -0.3 is 15.2 Å². The molecule has 2 saturated carbocycles. The first-order chi connectivity index (χ1) is 10.1. The average Bonchev–Trinajstić information content (AvgIpc) is 3.34. The number of hydrogen-bond acceptors (Lipinski definition) is 3. The molecular formula is C16H19NO4. The maximum absolute atomic E-state index is 12.0. The predicted molar refractivity (Wildman–Crippen MR) is 75.7 cm³/mol. The molecule has 2 unspecified atom stereocenters. The summed E-state index contributed by atoms with van der Waals surface area (Å²) < 4.78 is 5.12. The van der Waals surface area contributed by atoms with Crippen LogP contribution in [0.4, 0.5) is 0 Å². The van der Waals surface area contributed by atoms with E-state index in [4.69, 9.17) is 9.84 Å². The van der Waals surface area contributed by atoms with Gasteiger partial charge in [-0.1, -0.05) is 12.1 Å². The molecule has 2 aliphatic rings. The van der Waals surface area contributed by atoms with Crippen LogP contribution in [0.25, 0.3) is 0 Å². The van der Waals surface area contributed by atoms with E-state index in [2.05, 4.69) is 5.32 Å². The molecule has 2 atom stereocenters. The lowest BCUT2D eigenvalue weighted by Crippen LogP contribution is -2.25. The van der Waals surface area contributed by atoms with E-state index < -0.39 is 5.97 Å². The third kappa shape index (κ3) is 3.74. The van der Waals surface area contributed by atoms with Gasteiger partial charge in [0.05, 0.1) is 0 Å². The molecule has 2 N–H and O–H groups in total. The molecule has 1 aromatic rings. The maximum Gasteiger partial charge on any atom is 0.341 e. The van der Waals surface area contributed by atoms with Gasteiger partial charge in [-0.25, -0.2) is 4.79 Å². The molecular weight excluding hydrogens is 270 g/mol. The average molecular weight is 289 g/mol. The lowest BCUT2D eigenvalue weighted by atomic mass is 10.2. The second-order valence-corrected chi connectivity index (χ2v) is 5.89. The van der Waals surface area contributed by atoms with Crippen LogP contribution in [0.2, 0.25) is 0 Å². The van der Waals surface area contributed by atoms with Crippen LogP contribution in [-0.2, 0) is 16.1 Å². The van der Waals surface area contributed by atoms with E-state index in [9.17, 15) is 9.59 Å². The summed E-state index contributed by atoms with van der Waals surface area (Å²) in [6.07, 6.45) is 3.62. The summed E-state index contributed by atoms with van der Waals surface area (Å²) in [4.78, 5) is 22.5. The van der Waals surface area contributed by atoms with Crippen LogP contribution in [0.1, 0.15) is 24.8 Å². The molecule has 0 saturated heterocycles. The summed E-state index contributed by atoms with van der Waals surface area (Å²) in [7, 11) is 0. The van der Waals surface area contributed by atoms with Crippen LogP contribution in [0.5, 0.6) is 5.75 Å². The van der Waals surface area contributed by atoms with E-state index in [1.807, 2.05) is 6.07 Å². The molecule has 0 heterocycles. The quantitative estimate of drug-likeness (QED) is 0.802. The molecule has 1 amide bonds. The first-order valence-electron chi connectivity index (χ1n) is 7.35. The molecule has 3 rings (SSSR count). The fraction of sp³-hybridized carbons (Fsp3) is 0.500. The summed E-state index contributed by atoms with van der Waals surface area (Å²) in [6.45, 7) is 0.0952. The molecule has 0 aromatic heterocycles. The molecule has 2 fully saturated rings. The number of rotatable bonds is 7. The van der Waals surface area contributed by atoms with E-state index in [1.54, 1.807) is 18.2 Å². The highest BCUT2D eigenvalue weighted by Crippen LogP contribution is 2.54. The zero-order chi connectivity index (χ0) is 14.8. The van der Waals surface area contributed by atoms with Gasteiger partial charge in [0.1, 0.15) is 5.75 Å². The summed E-state index contributed by atoms with van der Waals surface area (Å²) in [5.74, 6) is 1.27. The summed E-state index contributed by atoms with van der Waals surface area (Å²) >= 11 is 0. The molecule has 5 nitrogen and oxygen atoms in total. The summed E-state index contributed by atoms with van der Waals surface area (Å²) in [5, 5.41) is 11.5. The van der Waals surface area contributed by atoms with Crippen LogP contribution < -0.4 is 10.1 Å². The van der Waals surface area contributed by atoms with Gasteiger partial charge in [-0.05, 0) is 48.8 Å². The number of carbonyl (C=O) groups excluding carboxylic acids is 1. The Morgan fingerprint density at radius 2 is 2.14 bits per heavy atom. The third-order valence-corrected chi connectivity index (χ3v) is 4.13. The second kappa shape index (κ2) is 5.76. The van der Waals surface area contributed by atoms with E-state index in [0.717, 1.165) is 17.9 Å². The Morgan fingerprint density at radius 1 is 1.33 bits per heavy atom. The molecule has 1 aromatic carbocycles. The van der Waals surface area contributed by atoms with Gasteiger partial charge in [0, 0.05) is 12.5 Å². The largest absolute Gasteiger partial charge is 0.482 e. The van der Waals surface area contributed by atoms with Crippen molar-refractivity contribution in [2.75, 3.05) is 6.61 Å². The highest BCUT2D eigenvalue weighted by atomic mass is 16.5. The van der Waals surface area contributed by atoms with Crippen molar-refractivity contribution in [1.82, 2.24) is 5.32 Å². The van der Waals surface area contributed by atoms with Crippen molar-refractivity contribution in [3.63, 3.8) is 0 Å². The minimum absolute atomic E-state index is 0.142. The van der Waals surface area contributed by atoms with Gasteiger partial charge in [-0.2, -0.15) is 0 Å². The monoisotopic (exact) mass is 289 g/mol. The van der Waals surface area contributed by atoms with Crippen molar-refractivity contribution >= 4 is 11.9 Å². The number of amides is 1. The Balaban J connectivity index is 1.47. The smallest absolute Gasteiger partial charge is 0.341 e. The van der Waals surface area contributed by atoms with Gasteiger partial charge in [-0.3, -0.25) is 4.79 Å². The van der Waals surface area contributed by atoms with E-state index in [0.29, 0.717) is 18.2 Å². The van der Waals surface area contributed by atoms with Crippen LogP contribution in [0.3, 0.4) is 0 Å². The zero-order valence-electron chi connectivity index (χ0n) is 11.7. The summed E-state index contributed by atoms with van der Waals surface area (Å²) in [6, 6.07) is 7.15. The number of ether oxygens (including phenoxy) is 1. The van der Waals surface area contributed by atoms with E-state index in [-0.39, 0.29) is 18.4 Å². The van der Waals surface area contributed by atoms with Crippen LogP contribution in [0, 0.1) is 17.8 Å². The number of hydrogen-bond donors (Lipinski definition) is 2. The lowest BCUT2D eigenvalue weighted by Gasteiger charge is -2.08. The lowest BCUT2D eigenvalue weighted by molar-refractivity contribution is -0.139. The molecule has 112 valence electrons. The number of aliphatic carboxylic acids is 1. The Hall–Kier alpha value is -2.04. The molecule has 2 aliphatic carbocycles. The molecule has 0 aliphatic heterocycles. The van der Waals surface area contributed by atoms with Crippen molar-refractivity contribution in [2.45, 2.75) is 25.8 Å². The SMILES string of the molecule is O=C(O)COc1cccc(CNC(=O)C2CC2C2CC2)c1. The molecule has 0 bridgehead atoms. The normalized spacial score (nSPS) is 23.4. The minimum Gasteiger partial charge on any atom is -0.482 e. The number of carboxylic acids is 1. The first kappa shape index (κ1) is 13.9. The minimum atomic E-state index is -1.01. The van der Waals surface area contributed by atoms with Crippen LogP contribution in [-0.4, -0.2) is 23.6 Å². The van der Waals surface area contributed by atoms with Crippen molar-refractivity contribution in [3.8, 4) is 5.75 Å². The number of carbonyl (C=O) groups is 2. The third-order valence-electron chi connectivity index (χ3n) is 4.13. The molecule has 21 heavy (non-hydrogen) atoms. The standard InChI is InChI=1S/C16H19NO4/c18-15(19)9-21-12-3-1-2-10(6-12)8-17-16(20)14-7-13(14)11-4-5-11/h1-3,6,11,13-14H,4-5,7-9H2,(H,17,20)(H,18,19). The van der Waals surface area contributed by atoms with Crippen molar-refractivity contribution < 1.29 is 19.4 Å². The number of carboxylic acid groups (broad SMARTS) is 1. The van der Waals surface area contributed by atoms with Gasteiger partial charge in [0.15, 0.2) is 6.61 Å². The first-order valence-corrected chi connectivity index (χ1v) is 7.35. The van der Waals surface area contributed by atoms with E-state index >= 15 is 0 Å². The highest BCUT2D eigenvalue weighted by molar-refractivity contribution is 5.81.